The molecule has 1 heterocycles. The number of rotatable bonds is 8. The number of carbonyl (C=O) groups is 1. The fourth-order valence-corrected chi connectivity index (χ4v) is 2.50. The third-order valence-corrected chi connectivity index (χ3v) is 3.89. The highest BCUT2D eigenvalue weighted by Crippen LogP contribution is 2.28. The van der Waals surface area contributed by atoms with Crippen LogP contribution in [0.25, 0.3) is 5.69 Å². The highest BCUT2D eigenvalue weighted by Gasteiger charge is 2.10. The van der Waals surface area contributed by atoms with Crippen LogP contribution in [0.3, 0.4) is 0 Å². The van der Waals surface area contributed by atoms with Crippen molar-refractivity contribution in [2.24, 2.45) is 5.10 Å². The van der Waals surface area contributed by atoms with Gasteiger partial charge in [0.05, 0.1) is 31.8 Å². The summed E-state index contributed by atoms with van der Waals surface area (Å²) in [6.45, 7) is 2.61. The Morgan fingerprint density at radius 1 is 1.21 bits per heavy atom. The molecule has 0 saturated carbocycles. The summed E-state index contributed by atoms with van der Waals surface area (Å²) in [7, 11) is 1.54. The van der Waals surface area contributed by atoms with Gasteiger partial charge in [0.1, 0.15) is 0 Å². The third-order valence-electron chi connectivity index (χ3n) is 3.89. The molecule has 0 aliphatic heterocycles. The molecule has 0 atom stereocenters. The fraction of sp³-hybridized carbons (Fsp3) is 0.190. The Labute approximate surface area is 163 Å². The molecule has 0 spiro atoms. The van der Waals surface area contributed by atoms with E-state index in [9.17, 15) is 4.79 Å². The molecule has 0 aliphatic rings. The molecule has 144 valence electrons. The monoisotopic (exact) mass is 378 g/mol. The van der Waals surface area contributed by atoms with E-state index < -0.39 is 0 Å². The number of amides is 1. The van der Waals surface area contributed by atoms with Crippen molar-refractivity contribution >= 4 is 12.1 Å². The van der Waals surface area contributed by atoms with Crippen LogP contribution in [-0.4, -0.2) is 35.6 Å². The first kappa shape index (κ1) is 19.2. The number of benzene rings is 2. The van der Waals surface area contributed by atoms with Gasteiger partial charge in [-0.25, -0.2) is 10.1 Å². The molecule has 1 aromatic heterocycles. The molecule has 0 bridgehead atoms. The number of nitrogens with zero attached hydrogens (tertiary/aromatic N) is 3. The lowest BCUT2D eigenvalue weighted by Gasteiger charge is -2.11. The van der Waals surface area contributed by atoms with Gasteiger partial charge in [-0.05, 0) is 36.8 Å². The molecule has 1 N–H and O–H groups in total. The molecular formula is C21H22N4O3. The Balaban J connectivity index is 1.63. The number of methoxy groups -OCH3 is 1. The van der Waals surface area contributed by atoms with Gasteiger partial charge in [-0.1, -0.05) is 25.1 Å². The summed E-state index contributed by atoms with van der Waals surface area (Å²) in [6, 6.07) is 14.8. The van der Waals surface area contributed by atoms with Crippen molar-refractivity contribution < 1.29 is 14.3 Å². The van der Waals surface area contributed by atoms with Crippen LogP contribution in [0.15, 0.2) is 66.0 Å². The first-order valence-corrected chi connectivity index (χ1v) is 8.95. The maximum Gasteiger partial charge on any atom is 0.271 e. The van der Waals surface area contributed by atoms with Gasteiger partial charge in [0, 0.05) is 17.3 Å². The fourth-order valence-electron chi connectivity index (χ4n) is 2.50. The van der Waals surface area contributed by atoms with Gasteiger partial charge in [0.25, 0.3) is 5.91 Å². The minimum Gasteiger partial charge on any atom is -0.493 e. The Hall–Kier alpha value is -3.61. The predicted molar refractivity (Wildman–Crippen MR) is 107 cm³/mol. The van der Waals surface area contributed by atoms with Crippen LogP contribution in [0.1, 0.15) is 29.3 Å². The molecule has 1 amide bonds. The molecule has 3 rings (SSSR count). The maximum atomic E-state index is 12.3. The van der Waals surface area contributed by atoms with Crippen molar-refractivity contribution in [3.63, 3.8) is 0 Å². The van der Waals surface area contributed by atoms with Crippen LogP contribution in [0.4, 0.5) is 0 Å². The van der Waals surface area contributed by atoms with Crippen LogP contribution in [0, 0.1) is 0 Å². The predicted octanol–water partition coefficient (Wildman–Crippen LogP) is 3.43. The SMILES string of the molecule is CCCOc1ccc(C(=O)N/N=C\c2cnn(-c3ccccc3)c2)cc1OC. The Morgan fingerprint density at radius 2 is 2.04 bits per heavy atom. The van der Waals surface area contributed by atoms with E-state index in [-0.39, 0.29) is 5.91 Å². The Morgan fingerprint density at radius 3 is 2.79 bits per heavy atom. The van der Waals surface area contributed by atoms with E-state index in [2.05, 4.69) is 15.6 Å². The number of nitrogens with one attached hydrogen (secondary N) is 1. The largest absolute Gasteiger partial charge is 0.493 e. The van der Waals surface area contributed by atoms with Gasteiger partial charge in [-0.2, -0.15) is 10.2 Å². The molecule has 0 saturated heterocycles. The zero-order valence-electron chi connectivity index (χ0n) is 15.8. The van der Waals surface area contributed by atoms with Crippen LogP contribution in [0.2, 0.25) is 0 Å². The van der Waals surface area contributed by atoms with Crippen LogP contribution in [0.5, 0.6) is 11.5 Å². The van der Waals surface area contributed by atoms with E-state index in [1.165, 1.54) is 0 Å². The highest BCUT2D eigenvalue weighted by atomic mass is 16.5. The molecule has 28 heavy (non-hydrogen) atoms. The second kappa shape index (κ2) is 9.36. The summed E-state index contributed by atoms with van der Waals surface area (Å²) in [4.78, 5) is 12.3. The lowest BCUT2D eigenvalue weighted by molar-refractivity contribution is 0.0954. The number of hydrazone groups is 1. The van der Waals surface area contributed by atoms with Gasteiger partial charge in [0.15, 0.2) is 11.5 Å². The van der Waals surface area contributed by atoms with Gasteiger partial charge >= 0.3 is 0 Å². The van der Waals surface area contributed by atoms with Gasteiger partial charge in [0.2, 0.25) is 0 Å². The van der Waals surface area contributed by atoms with E-state index in [0.717, 1.165) is 17.7 Å². The average Bonchev–Trinajstić information content (AvgIpc) is 3.21. The van der Waals surface area contributed by atoms with Crippen molar-refractivity contribution in [2.75, 3.05) is 13.7 Å². The van der Waals surface area contributed by atoms with Crippen LogP contribution < -0.4 is 14.9 Å². The van der Waals surface area contributed by atoms with E-state index in [0.29, 0.717) is 23.7 Å². The van der Waals surface area contributed by atoms with Crippen LogP contribution in [-0.2, 0) is 0 Å². The van der Waals surface area contributed by atoms with Crippen molar-refractivity contribution in [2.45, 2.75) is 13.3 Å². The lowest BCUT2D eigenvalue weighted by Crippen LogP contribution is -2.17. The second-order valence-electron chi connectivity index (χ2n) is 5.97. The highest BCUT2D eigenvalue weighted by molar-refractivity contribution is 5.95. The molecule has 7 heteroatoms. The molecule has 7 nitrogen and oxygen atoms in total. The molecule has 0 aliphatic carbocycles. The van der Waals surface area contributed by atoms with Crippen molar-refractivity contribution in [3.05, 3.63) is 72.1 Å². The summed E-state index contributed by atoms with van der Waals surface area (Å²) in [5, 5.41) is 8.28. The first-order valence-electron chi connectivity index (χ1n) is 8.95. The van der Waals surface area contributed by atoms with E-state index in [1.54, 1.807) is 42.4 Å². The number of aromatic nitrogens is 2. The maximum absolute atomic E-state index is 12.3. The average molecular weight is 378 g/mol. The summed E-state index contributed by atoms with van der Waals surface area (Å²) in [6.07, 6.45) is 5.93. The Kier molecular flexibility index (Phi) is 6.41. The van der Waals surface area contributed by atoms with Gasteiger partial charge in [-0.3, -0.25) is 4.79 Å². The number of carbonyl (C=O) groups excluding carboxylic acids is 1. The summed E-state index contributed by atoms with van der Waals surface area (Å²) in [5.41, 5.74) is 4.65. The number of para-hydroxylation sites is 1. The summed E-state index contributed by atoms with van der Waals surface area (Å²) >= 11 is 0. The smallest absolute Gasteiger partial charge is 0.271 e. The summed E-state index contributed by atoms with van der Waals surface area (Å²) in [5.74, 6) is 0.777. The normalized spacial score (nSPS) is 10.8. The third kappa shape index (κ3) is 4.76. The number of hydrogen-bond donors (Lipinski definition) is 1. The molecule has 0 unspecified atom stereocenters. The zero-order valence-corrected chi connectivity index (χ0v) is 15.8. The second-order valence-corrected chi connectivity index (χ2v) is 5.97. The standard InChI is InChI=1S/C21H22N4O3/c1-3-11-28-19-10-9-17(12-20(19)27-2)21(26)24-22-13-16-14-23-25(15-16)18-7-5-4-6-8-18/h4-10,12-15H,3,11H2,1-2H3,(H,24,26)/b22-13-. The van der Waals surface area contributed by atoms with E-state index >= 15 is 0 Å². The molecule has 2 aromatic carbocycles. The summed E-state index contributed by atoms with van der Waals surface area (Å²) < 4.78 is 12.6. The molecule has 0 radical (unpaired) electrons. The quantitative estimate of drug-likeness (QED) is 0.481. The molecule has 0 fully saturated rings. The van der Waals surface area contributed by atoms with E-state index in [1.807, 2.05) is 43.5 Å². The first-order chi connectivity index (χ1) is 13.7. The van der Waals surface area contributed by atoms with E-state index in [4.69, 9.17) is 9.47 Å². The lowest BCUT2D eigenvalue weighted by atomic mass is 10.2. The Bertz CT molecular complexity index is 951. The number of hydrogen-bond acceptors (Lipinski definition) is 5. The molecule has 3 aromatic rings. The minimum atomic E-state index is -0.341. The van der Waals surface area contributed by atoms with Gasteiger partial charge < -0.3 is 9.47 Å². The topological polar surface area (TPSA) is 77.7 Å². The van der Waals surface area contributed by atoms with Crippen molar-refractivity contribution in [1.82, 2.24) is 15.2 Å². The van der Waals surface area contributed by atoms with Crippen molar-refractivity contribution in [1.29, 1.82) is 0 Å². The number of ether oxygens (including phenoxy) is 2. The minimum absolute atomic E-state index is 0.341. The molecular weight excluding hydrogens is 356 g/mol. The van der Waals surface area contributed by atoms with Crippen LogP contribution >= 0.6 is 0 Å². The van der Waals surface area contributed by atoms with Crippen molar-refractivity contribution in [3.8, 4) is 17.2 Å². The van der Waals surface area contributed by atoms with Gasteiger partial charge in [-0.15, -0.1) is 0 Å². The zero-order chi connectivity index (χ0) is 19.8.